The number of hydrogen-bond acceptors (Lipinski definition) is 4. The van der Waals surface area contributed by atoms with Gasteiger partial charge < -0.3 is 5.32 Å². The van der Waals surface area contributed by atoms with E-state index in [1.54, 1.807) is 36.4 Å². The number of halogens is 2. The molecule has 2 aliphatic heterocycles. The van der Waals surface area contributed by atoms with Crippen LogP contribution in [0.4, 0.5) is 10.1 Å². The SMILES string of the molecule is O=C1Nc2c(Cl)cccc2C(c2ccccc2F)=N[C@H]1N1C(=O)c2ccccc2C1=O. The van der Waals surface area contributed by atoms with E-state index in [0.717, 1.165) is 4.90 Å². The minimum absolute atomic E-state index is 0.107. The zero-order valence-corrected chi connectivity index (χ0v) is 16.6. The summed E-state index contributed by atoms with van der Waals surface area (Å²) in [7, 11) is 0. The highest BCUT2D eigenvalue weighted by Crippen LogP contribution is 2.33. The van der Waals surface area contributed by atoms with Crippen LogP contribution in [-0.2, 0) is 4.79 Å². The Labute approximate surface area is 181 Å². The van der Waals surface area contributed by atoms with Crippen LogP contribution in [0.3, 0.4) is 0 Å². The fraction of sp³-hybridized carbons (Fsp3) is 0.0435. The number of aliphatic imine (C=N–C) groups is 1. The Morgan fingerprint density at radius 3 is 2.03 bits per heavy atom. The first-order valence-electron chi connectivity index (χ1n) is 9.36. The van der Waals surface area contributed by atoms with Crippen molar-refractivity contribution in [2.75, 3.05) is 5.32 Å². The van der Waals surface area contributed by atoms with Crippen LogP contribution in [0.25, 0.3) is 0 Å². The average molecular weight is 434 g/mol. The molecule has 6 nitrogen and oxygen atoms in total. The number of para-hydroxylation sites is 1. The van der Waals surface area contributed by atoms with Crippen molar-refractivity contribution in [3.05, 3.63) is 99.8 Å². The van der Waals surface area contributed by atoms with Gasteiger partial charge in [0.05, 0.1) is 27.5 Å². The number of fused-ring (bicyclic) bond motifs is 2. The van der Waals surface area contributed by atoms with E-state index in [2.05, 4.69) is 10.3 Å². The summed E-state index contributed by atoms with van der Waals surface area (Å²) in [5, 5.41) is 2.87. The Morgan fingerprint density at radius 1 is 0.806 bits per heavy atom. The Balaban J connectivity index is 1.72. The van der Waals surface area contributed by atoms with Crippen LogP contribution in [0.15, 0.2) is 71.7 Å². The minimum atomic E-state index is -1.54. The van der Waals surface area contributed by atoms with E-state index in [4.69, 9.17) is 11.6 Å². The number of anilines is 1. The first kappa shape index (κ1) is 19.1. The Morgan fingerprint density at radius 2 is 1.39 bits per heavy atom. The van der Waals surface area contributed by atoms with Gasteiger partial charge in [0.1, 0.15) is 5.82 Å². The van der Waals surface area contributed by atoms with Gasteiger partial charge in [-0.2, -0.15) is 0 Å². The molecule has 3 aromatic carbocycles. The molecule has 152 valence electrons. The van der Waals surface area contributed by atoms with Crippen LogP contribution in [0.2, 0.25) is 5.02 Å². The van der Waals surface area contributed by atoms with Gasteiger partial charge in [-0.25, -0.2) is 14.3 Å². The van der Waals surface area contributed by atoms with Crippen LogP contribution < -0.4 is 5.32 Å². The monoisotopic (exact) mass is 433 g/mol. The maximum absolute atomic E-state index is 14.7. The fourth-order valence-corrected chi connectivity index (χ4v) is 3.98. The topological polar surface area (TPSA) is 78.8 Å². The molecule has 0 saturated carbocycles. The maximum atomic E-state index is 14.7. The third-order valence-electron chi connectivity index (χ3n) is 5.20. The van der Waals surface area contributed by atoms with Crippen LogP contribution in [0.1, 0.15) is 31.8 Å². The van der Waals surface area contributed by atoms with E-state index in [1.165, 1.54) is 30.3 Å². The van der Waals surface area contributed by atoms with Crippen LogP contribution in [0.5, 0.6) is 0 Å². The number of nitrogens with zero attached hydrogens (tertiary/aromatic N) is 2. The number of amides is 3. The molecule has 0 radical (unpaired) electrons. The standard InChI is InChI=1S/C23H13ClFN3O3/c24-16-10-5-9-15-18(14-8-3-4-11-17(14)25)26-20(21(29)27-19(15)16)28-22(30)12-6-1-2-7-13(12)23(28)31/h1-11,20H,(H,27,29)/t20-/m0/s1. The number of nitrogens with one attached hydrogen (secondary N) is 1. The van der Waals surface area contributed by atoms with Crippen LogP contribution in [-0.4, -0.2) is 34.5 Å². The first-order chi connectivity index (χ1) is 15.0. The van der Waals surface area contributed by atoms with E-state index >= 15 is 0 Å². The van der Waals surface area contributed by atoms with Gasteiger partial charge in [0.15, 0.2) is 0 Å². The van der Waals surface area contributed by atoms with Gasteiger partial charge in [-0.15, -0.1) is 0 Å². The van der Waals surface area contributed by atoms with Crippen molar-refractivity contribution in [1.29, 1.82) is 0 Å². The third-order valence-corrected chi connectivity index (χ3v) is 5.52. The molecule has 0 bridgehead atoms. The molecule has 0 fully saturated rings. The van der Waals surface area contributed by atoms with Gasteiger partial charge in [-0.1, -0.05) is 48.0 Å². The first-order valence-corrected chi connectivity index (χ1v) is 9.74. The summed E-state index contributed by atoms with van der Waals surface area (Å²) in [6.45, 7) is 0. The molecule has 0 unspecified atom stereocenters. The number of rotatable bonds is 2. The van der Waals surface area contributed by atoms with E-state index in [1.807, 2.05) is 0 Å². The molecule has 0 aromatic heterocycles. The summed E-state index contributed by atoms with van der Waals surface area (Å²) in [6.07, 6.45) is -1.54. The lowest BCUT2D eigenvalue weighted by atomic mass is 10.00. The molecule has 3 amide bonds. The van der Waals surface area contributed by atoms with Crippen molar-refractivity contribution >= 4 is 40.7 Å². The second kappa shape index (κ2) is 7.14. The second-order valence-electron chi connectivity index (χ2n) is 7.01. The summed E-state index contributed by atoms with van der Waals surface area (Å²) in [5.41, 5.74) is 1.20. The number of benzene rings is 3. The molecule has 0 aliphatic carbocycles. The van der Waals surface area contributed by atoms with Crippen molar-refractivity contribution in [1.82, 2.24) is 4.90 Å². The summed E-state index contributed by atoms with van der Waals surface area (Å²) < 4.78 is 14.7. The Kier molecular flexibility index (Phi) is 4.41. The van der Waals surface area contributed by atoms with E-state index in [0.29, 0.717) is 5.56 Å². The lowest BCUT2D eigenvalue weighted by Crippen LogP contribution is -2.46. The smallest absolute Gasteiger partial charge is 0.270 e. The maximum Gasteiger partial charge on any atom is 0.270 e. The molecule has 2 aliphatic rings. The highest BCUT2D eigenvalue weighted by atomic mass is 35.5. The summed E-state index contributed by atoms with van der Waals surface area (Å²) >= 11 is 6.30. The summed E-state index contributed by atoms with van der Waals surface area (Å²) in [6, 6.07) is 17.1. The Bertz CT molecular complexity index is 1290. The van der Waals surface area contributed by atoms with Gasteiger partial charge in [0, 0.05) is 11.1 Å². The molecular formula is C23H13ClFN3O3. The zero-order chi connectivity index (χ0) is 21.7. The van der Waals surface area contributed by atoms with Gasteiger partial charge in [-0.05, 0) is 30.3 Å². The fourth-order valence-electron chi connectivity index (χ4n) is 3.76. The molecule has 5 rings (SSSR count). The summed E-state index contributed by atoms with van der Waals surface area (Å²) in [5.74, 6) is -2.58. The molecule has 1 N–H and O–H groups in total. The van der Waals surface area contributed by atoms with Gasteiger partial charge in [0.2, 0.25) is 6.17 Å². The normalized spacial score (nSPS) is 17.6. The van der Waals surface area contributed by atoms with Crippen molar-refractivity contribution in [2.45, 2.75) is 6.17 Å². The van der Waals surface area contributed by atoms with Crippen molar-refractivity contribution < 1.29 is 18.8 Å². The lowest BCUT2D eigenvalue weighted by Gasteiger charge is -2.21. The van der Waals surface area contributed by atoms with Crippen molar-refractivity contribution in [2.24, 2.45) is 4.99 Å². The average Bonchev–Trinajstić information content (AvgIpc) is 2.92. The number of carbonyl (C=O) groups excluding carboxylic acids is 3. The molecule has 1 atom stereocenters. The molecule has 3 aromatic rings. The van der Waals surface area contributed by atoms with Gasteiger partial charge in [0.25, 0.3) is 17.7 Å². The number of imide groups is 1. The van der Waals surface area contributed by atoms with E-state index in [9.17, 15) is 18.8 Å². The number of benzodiazepines with no additional fused rings is 1. The van der Waals surface area contributed by atoms with Gasteiger partial charge >= 0.3 is 0 Å². The quantitative estimate of drug-likeness (QED) is 0.623. The molecule has 8 heteroatoms. The molecule has 2 heterocycles. The van der Waals surface area contributed by atoms with Crippen molar-refractivity contribution in [3.8, 4) is 0 Å². The third kappa shape index (κ3) is 2.93. The predicted octanol–water partition coefficient (Wildman–Crippen LogP) is 3.89. The summed E-state index contributed by atoms with van der Waals surface area (Å²) in [4.78, 5) is 44.3. The van der Waals surface area contributed by atoms with Crippen LogP contribution in [0, 0.1) is 5.82 Å². The minimum Gasteiger partial charge on any atom is -0.321 e. The Hall–Kier alpha value is -3.84. The molecule has 0 saturated heterocycles. The number of carbonyl (C=O) groups is 3. The largest absolute Gasteiger partial charge is 0.321 e. The number of hydrogen-bond donors (Lipinski definition) is 1. The molecule has 0 spiro atoms. The lowest BCUT2D eigenvalue weighted by molar-refractivity contribution is -0.119. The van der Waals surface area contributed by atoms with E-state index in [-0.39, 0.29) is 33.1 Å². The second-order valence-corrected chi connectivity index (χ2v) is 7.42. The van der Waals surface area contributed by atoms with Gasteiger partial charge in [-0.3, -0.25) is 14.4 Å². The molecule has 31 heavy (non-hydrogen) atoms. The van der Waals surface area contributed by atoms with Crippen LogP contribution >= 0.6 is 11.6 Å². The highest BCUT2D eigenvalue weighted by molar-refractivity contribution is 6.36. The molecular weight excluding hydrogens is 421 g/mol. The predicted molar refractivity (Wildman–Crippen MR) is 113 cm³/mol. The highest BCUT2D eigenvalue weighted by Gasteiger charge is 2.44. The zero-order valence-electron chi connectivity index (χ0n) is 15.8. The van der Waals surface area contributed by atoms with E-state index < -0.39 is 29.7 Å². The van der Waals surface area contributed by atoms with Crippen molar-refractivity contribution in [3.63, 3.8) is 0 Å².